The fraction of sp³-hybridized carbons (Fsp3) is 0.357. The van der Waals surface area contributed by atoms with Gasteiger partial charge in [-0.15, -0.1) is 0 Å². The molecule has 1 aromatic carbocycles. The van der Waals surface area contributed by atoms with Crippen LogP contribution in [0.3, 0.4) is 0 Å². The molecule has 0 spiro atoms. The third kappa shape index (κ3) is 3.84. The molecule has 0 unspecified atom stereocenters. The van der Waals surface area contributed by atoms with Gasteiger partial charge in [0.05, 0.1) is 6.10 Å². The SMILES string of the molecule is Cc1ccc(Sc2nc(N)nc(OC(C)C)n2)cc1C. The lowest BCUT2D eigenvalue weighted by molar-refractivity contribution is 0.219. The van der Waals surface area contributed by atoms with Crippen molar-refractivity contribution in [3.05, 3.63) is 29.3 Å². The number of nitrogen functional groups attached to an aromatic ring is 1. The number of nitrogens with zero attached hydrogens (tertiary/aromatic N) is 3. The second-order valence-corrected chi connectivity index (χ2v) is 5.81. The van der Waals surface area contributed by atoms with Crippen molar-refractivity contribution in [3.8, 4) is 6.01 Å². The van der Waals surface area contributed by atoms with Crippen LogP contribution in [-0.2, 0) is 0 Å². The van der Waals surface area contributed by atoms with E-state index in [1.54, 1.807) is 0 Å². The number of hydrogen-bond acceptors (Lipinski definition) is 6. The molecule has 106 valence electrons. The summed E-state index contributed by atoms with van der Waals surface area (Å²) in [5.74, 6) is 0.169. The van der Waals surface area contributed by atoms with Gasteiger partial charge in [0.2, 0.25) is 11.1 Å². The van der Waals surface area contributed by atoms with E-state index in [9.17, 15) is 0 Å². The normalized spacial score (nSPS) is 10.8. The lowest BCUT2D eigenvalue weighted by Gasteiger charge is -2.09. The zero-order valence-corrected chi connectivity index (χ0v) is 12.9. The monoisotopic (exact) mass is 290 g/mol. The van der Waals surface area contributed by atoms with Crippen LogP contribution in [0.25, 0.3) is 0 Å². The highest BCUT2D eigenvalue weighted by molar-refractivity contribution is 7.99. The van der Waals surface area contributed by atoms with Gasteiger partial charge in [-0.3, -0.25) is 0 Å². The Labute approximate surface area is 123 Å². The number of aryl methyl sites for hydroxylation is 2. The molecule has 0 bridgehead atoms. The van der Waals surface area contributed by atoms with Crippen molar-refractivity contribution < 1.29 is 4.74 Å². The molecule has 0 fully saturated rings. The Hall–Kier alpha value is -1.82. The molecule has 2 N–H and O–H groups in total. The maximum atomic E-state index is 5.69. The minimum absolute atomic E-state index is 0.00345. The van der Waals surface area contributed by atoms with Crippen molar-refractivity contribution in [2.24, 2.45) is 0 Å². The van der Waals surface area contributed by atoms with Gasteiger partial charge in [0.1, 0.15) is 0 Å². The van der Waals surface area contributed by atoms with Crippen molar-refractivity contribution in [3.63, 3.8) is 0 Å². The number of rotatable bonds is 4. The number of ether oxygens (including phenoxy) is 1. The summed E-state index contributed by atoms with van der Waals surface area (Å²) >= 11 is 1.44. The van der Waals surface area contributed by atoms with Crippen LogP contribution in [-0.4, -0.2) is 21.1 Å². The maximum Gasteiger partial charge on any atom is 0.322 e. The Kier molecular flexibility index (Phi) is 4.44. The fourth-order valence-corrected chi connectivity index (χ4v) is 2.39. The summed E-state index contributed by atoms with van der Waals surface area (Å²) in [6.45, 7) is 7.99. The van der Waals surface area contributed by atoms with Crippen LogP contribution in [0.15, 0.2) is 28.3 Å². The molecule has 0 aliphatic carbocycles. The topological polar surface area (TPSA) is 73.9 Å². The number of aromatic nitrogens is 3. The summed E-state index contributed by atoms with van der Waals surface area (Å²) in [4.78, 5) is 13.4. The lowest BCUT2D eigenvalue weighted by atomic mass is 10.1. The number of hydrogen-bond donors (Lipinski definition) is 1. The summed E-state index contributed by atoms with van der Waals surface area (Å²) in [5, 5.41) is 0.538. The first-order chi connectivity index (χ1) is 9.44. The second-order valence-electron chi connectivity index (χ2n) is 4.77. The van der Waals surface area contributed by atoms with Gasteiger partial charge in [-0.05, 0) is 62.7 Å². The lowest BCUT2D eigenvalue weighted by Crippen LogP contribution is -2.10. The average molecular weight is 290 g/mol. The third-order valence-electron chi connectivity index (χ3n) is 2.64. The van der Waals surface area contributed by atoms with Crippen molar-refractivity contribution in [1.82, 2.24) is 15.0 Å². The molecule has 1 aromatic heterocycles. The first-order valence-corrected chi connectivity index (χ1v) is 7.19. The smallest absolute Gasteiger partial charge is 0.322 e. The first kappa shape index (κ1) is 14.6. The van der Waals surface area contributed by atoms with Gasteiger partial charge >= 0.3 is 6.01 Å². The van der Waals surface area contributed by atoms with Gasteiger partial charge in [0.25, 0.3) is 0 Å². The predicted molar refractivity (Wildman–Crippen MR) is 80.0 cm³/mol. The molecular formula is C14H18N4OS. The fourth-order valence-electron chi connectivity index (χ4n) is 1.54. The molecule has 1 heterocycles. The molecule has 6 heteroatoms. The van der Waals surface area contributed by atoms with Crippen LogP contribution in [0.1, 0.15) is 25.0 Å². The van der Waals surface area contributed by atoms with Crippen LogP contribution in [0, 0.1) is 13.8 Å². The van der Waals surface area contributed by atoms with Gasteiger partial charge in [0.15, 0.2) is 0 Å². The molecule has 20 heavy (non-hydrogen) atoms. The van der Waals surface area contributed by atoms with E-state index in [2.05, 4.69) is 40.9 Å². The number of nitrogens with two attached hydrogens (primary N) is 1. The third-order valence-corrected chi connectivity index (χ3v) is 3.50. The van der Waals surface area contributed by atoms with Crippen LogP contribution < -0.4 is 10.5 Å². The number of anilines is 1. The van der Waals surface area contributed by atoms with E-state index in [4.69, 9.17) is 10.5 Å². The predicted octanol–water partition coefficient (Wildman–Crippen LogP) is 3.01. The van der Waals surface area contributed by atoms with Crippen LogP contribution >= 0.6 is 11.8 Å². The highest BCUT2D eigenvalue weighted by Gasteiger charge is 2.09. The molecule has 0 saturated heterocycles. The Balaban J connectivity index is 2.24. The van der Waals surface area contributed by atoms with Crippen LogP contribution in [0.5, 0.6) is 6.01 Å². The van der Waals surface area contributed by atoms with E-state index in [1.165, 1.54) is 22.9 Å². The maximum absolute atomic E-state index is 5.69. The second kappa shape index (κ2) is 6.09. The summed E-state index contributed by atoms with van der Waals surface area (Å²) < 4.78 is 5.46. The van der Waals surface area contributed by atoms with E-state index < -0.39 is 0 Å². The van der Waals surface area contributed by atoms with Gasteiger partial charge in [-0.2, -0.15) is 15.0 Å². The summed E-state index contributed by atoms with van der Waals surface area (Å²) in [6.07, 6.45) is -0.00345. The molecule has 0 aliphatic heterocycles. The van der Waals surface area contributed by atoms with Gasteiger partial charge in [-0.1, -0.05) is 6.07 Å². The van der Waals surface area contributed by atoms with E-state index in [0.29, 0.717) is 5.16 Å². The van der Waals surface area contributed by atoms with E-state index in [-0.39, 0.29) is 18.1 Å². The quantitative estimate of drug-likeness (QED) is 0.933. The zero-order valence-electron chi connectivity index (χ0n) is 12.0. The molecule has 0 aliphatic rings. The molecule has 0 atom stereocenters. The minimum atomic E-state index is -0.00345. The van der Waals surface area contributed by atoms with Crippen molar-refractivity contribution in [1.29, 1.82) is 0 Å². The first-order valence-electron chi connectivity index (χ1n) is 6.37. The highest BCUT2D eigenvalue weighted by Crippen LogP contribution is 2.27. The summed E-state index contributed by atoms with van der Waals surface area (Å²) in [5.41, 5.74) is 8.18. The largest absolute Gasteiger partial charge is 0.461 e. The molecule has 5 nitrogen and oxygen atoms in total. The molecule has 0 amide bonds. The Bertz CT molecular complexity index is 616. The Morgan fingerprint density at radius 2 is 1.85 bits per heavy atom. The standard InChI is InChI=1S/C14H18N4OS/c1-8(2)19-13-16-12(15)17-14(18-13)20-11-6-5-9(3)10(4)7-11/h5-8H,1-4H3,(H2,15,16,17,18). The summed E-state index contributed by atoms with van der Waals surface area (Å²) in [6, 6.07) is 6.48. The van der Waals surface area contributed by atoms with Crippen LogP contribution in [0.4, 0.5) is 5.95 Å². The van der Waals surface area contributed by atoms with Crippen molar-refractivity contribution >= 4 is 17.7 Å². The number of benzene rings is 1. The van der Waals surface area contributed by atoms with E-state index in [0.717, 1.165) is 4.90 Å². The Morgan fingerprint density at radius 3 is 2.50 bits per heavy atom. The van der Waals surface area contributed by atoms with E-state index in [1.807, 2.05) is 19.9 Å². The molecule has 0 saturated carbocycles. The van der Waals surface area contributed by atoms with E-state index >= 15 is 0 Å². The minimum Gasteiger partial charge on any atom is -0.461 e. The molecule has 2 rings (SSSR count). The Morgan fingerprint density at radius 1 is 1.10 bits per heavy atom. The van der Waals surface area contributed by atoms with Gasteiger partial charge in [-0.25, -0.2) is 0 Å². The average Bonchev–Trinajstić information content (AvgIpc) is 2.32. The van der Waals surface area contributed by atoms with Gasteiger partial charge < -0.3 is 10.5 Å². The van der Waals surface area contributed by atoms with Gasteiger partial charge in [0, 0.05) is 4.90 Å². The molecule has 0 radical (unpaired) electrons. The summed E-state index contributed by atoms with van der Waals surface area (Å²) in [7, 11) is 0. The van der Waals surface area contributed by atoms with Crippen molar-refractivity contribution in [2.45, 2.75) is 43.9 Å². The van der Waals surface area contributed by atoms with Crippen molar-refractivity contribution in [2.75, 3.05) is 5.73 Å². The van der Waals surface area contributed by atoms with Crippen LogP contribution in [0.2, 0.25) is 0 Å². The zero-order chi connectivity index (χ0) is 14.7. The molecular weight excluding hydrogens is 272 g/mol. The highest BCUT2D eigenvalue weighted by atomic mass is 32.2. The molecule has 2 aromatic rings.